The van der Waals surface area contributed by atoms with Crippen LogP contribution in [0.15, 0.2) is 36.4 Å². The second-order valence-corrected chi connectivity index (χ2v) is 9.06. The van der Waals surface area contributed by atoms with E-state index >= 15 is 0 Å². The number of ether oxygens (including phenoxy) is 1. The summed E-state index contributed by atoms with van der Waals surface area (Å²) in [7, 11) is -1.75. The molecule has 0 aliphatic carbocycles. The maximum absolute atomic E-state index is 12.0. The highest BCUT2D eigenvalue weighted by Crippen LogP contribution is 2.32. The molecule has 0 bridgehead atoms. The molecule has 0 unspecified atom stereocenters. The number of carbonyl (C=O) groups excluding carboxylic acids is 1. The van der Waals surface area contributed by atoms with Gasteiger partial charge in [-0.25, -0.2) is 12.7 Å². The van der Waals surface area contributed by atoms with E-state index in [0.717, 1.165) is 11.8 Å². The number of nitrogens with one attached hydrogen (secondary N) is 1. The zero-order valence-electron chi connectivity index (χ0n) is 14.5. The normalized spacial score (nSPS) is 11.5. The molecule has 0 saturated carbocycles. The molecule has 2 rings (SSSR count). The quantitative estimate of drug-likeness (QED) is 0.644. The van der Waals surface area contributed by atoms with Gasteiger partial charge >= 0.3 is 0 Å². The number of carbonyl (C=O) groups is 1. The van der Waals surface area contributed by atoms with Gasteiger partial charge in [0.2, 0.25) is 10.0 Å². The summed E-state index contributed by atoms with van der Waals surface area (Å²) in [4.78, 5) is 12.0. The Hall–Kier alpha value is -1.51. The number of nitrogens with zero attached hydrogens (tertiary/aromatic N) is 1. The molecular weight excluding hydrogens is 435 g/mol. The minimum atomic E-state index is -3.25. The lowest BCUT2D eigenvalue weighted by Crippen LogP contribution is -2.24. The largest absolute Gasteiger partial charge is 0.484 e. The van der Waals surface area contributed by atoms with Crippen LogP contribution in [-0.4, -0.2) is 38.5 Å². The second kappa shape index (κ2) is 9.12. The molecule has 0 aromatic heterocycles. The number of benzene rings is 2. The Labute approximate surface area is 173 Å². The summed E-state index contributed by atoms with van der Waals surface area (Å²) >= 11 is 17.8. The van der Waals surface area contributed by atoms with Gasteiger partial charge in [0, 0.05) is 13.6 Å². The molecule has 1 amide bonds. The average molecular weight is 452 g/mol. The first-order chi connectivity index (χ1) is 12.6. The first-order valence-corrected chi connectivity index (χ1v) is 10.6. The van der Waals surface area contributed by atoms with Crippen LogP contribution in [0.1, 0.15) is 5.56 Å². The van der Waals surface area contributed by atoms with Gasteiger partial charge in [-0.3, -0.25) is 4.79 Å². The van der Waals surface area contributed by atoms with Gasteiger partial charge < -0.3 is 10.1 Å². The summed E-state index contributed by atoms with van der Waals surface area (Å²) in [5.74, 6) is 0.0484. The third-order valence-electron chi connectivity index (χ3n) is 3.55. The van der Waals surface area contributed by atoms with Crippen molar-refractivity contribution in [3.63, 3.8) is 0 Å². The van der Waals surface area contributed by atoms with Crippen LogP contribution >= 0.6 is 34.8 Å². The standard InChI is InChI=1S/C17H17Cl3N2O4S/c1-22(27(2,24)25)9-11-3-5-12(6-4-11)26-10-17(23)21-16-8-14(19)13(18)7-15(16)20/h3-8H,9-10H2,1-2H3,(H,21,23). The van der Waals surface area contributed by atoms with Crippen LogP contribution in [0.5, 0.6) is 5.75 Å². The zero-order chi connectivity index (χ0) is 20.2. The Balaban J connectivity index is 1.91. The van der Waals surface area contributed by atoms with E-state index < -0.39 is 15.9 Å². The lowest BCUT2D eigenvalue weighted by molar-refractivity contribution is -0.118. The summed E-state index contributed by atoms with van der Waals surface area (Å²) in [5.41, 5.74) is 1.13. The van der Waals surface area contributed by atoms with Gasteiger partial charge in [0.15, 0.2) is 6.61 Å². The first kappa shape index (κ1) is 21.8. The van der Waals surface area contributed by atoms with Gasteiger partial charge in [-0.15, -0.1) is 0 Å². The van der Waals surface area contributed by atoms with Crippen molar-refractivity contribution in [1.29, 1.82) is 0 Å². The van der Waals surface area contributed by atoms with E-state index in [1.54, 1.807) is 24.3 Å². The van der Waals surface area contributed by atoms with E-state index in [0.29, 0.717) is 11.4 Å². The van der Waals surface area contributed by atoms with Crippen molar-refractivity contribution in [3.05, 3.63) is 57.0 Å². The van der Waals surface area contributed by atoms with Crippen LogP contribution in [0, 0.1) is 0 Å². The third kappa shape index (κ3) is 6.55. The predicted molar refractivity (Wildman–Crippen MR) is 108 cm³/mol. The summed E-state index contributed by atoms with van der Waals surface area (Å²) in [6.45, 7) is 0.00852. The molecule has 0 heterocycles. The zero-order valence-corrected chi connectivity index (χ0v) is 17.6. The molecule has 0 aliphatic heterocycles. The minimum Gasteiger partial charge on any atom is -0.484 e. The van der Waals surface area contributed by atoms with E-state index in [2.05, 4.69) is 5.32 Å². The Bertz CT molecular complexity index is 934. The van der Waals surface area contributed by atoms with Crippen LogP contribution in [0.2, 0.25) is 15.1 Å². The molecule has 0 atom stereocenters. The van der Waals surface area contributed by atoms with E-state index in [4.69, 9.17) is 39.5 Å². The van der Waals surface area contributed by atoms with Crippen LogP contribution in [0.4, 0.5) is 5.69 Å². The molecule has 0 fully saturated rings. The fraction of sp³-hybridized carbons (Fsp3) is 0.235. The maximum atomic E-state index is 12.0. The van der Waals surface area contributed by atoms with Crippen LogP contribution in [-0.2, 0) is 21.4 Å². The molecular formula is C17H17Cl3N2O4S. The summed E-state index contributed by atoms with van der Waals surface area (Å²) < 4.78 is 29.5. The number of sulfonamides is 1. The first-order valence-electron chi connectivity index (χ1n) is 7.63. The number of hydrogen-bond acceptors (Lipinski definition) is 4. The molecule has 1 N–H and O–H groups in total. The SMILES string of the molecule is CN(Cc1ccc(OCC(=O)Nc2cc(Cl)c(Cl)cc2Cl)cc1)S(C)(=O)=O. The lowest BCUT2D eigenvalue weighted by Gasteiger charge is -2.14. The number of rotatable bonds is 7. The summed E-state index contributed by atoms with van der Waals surface area (Å²) in [6.07, 6.45) is 1.14. The van der Waals surface area contributed by atoms with Crippen molar-refractivity contribution >= 4 is 56.4 Å². The molecule has 0 spiro atoms. The van der Waals surface area contributed by atoms with Gasteiger partial charge in [-0.1, -0.05) is 46.9 Å². The summed E-state index contributed by atoms with van der Waals surface area (Å²) in [6, 6.07) is 9.66. The van der Waals surface area contributed by atoms with E-state index in [9.17, 15) is 13.2 Å². The molecule has 27 heavy (non-hydrogen) atoms. The van der Waals surface area contributed by atoms with Crippen molar-refractivity contribution in [1.82, 2.24) is 4.31 Å². The maximum Gasteiger partial charge on any atom is 0.262 e. The topological polar surface area (TPSA) is 75.7 Å². The van der Waals surface area contributed by atoms with Crippen molar-refractivity contribution in [2.24, 2.45) is 0 Å². The van der Waals surface area contributed by atoms with Crippen LogP contribution in [0.3, 0.4) is 0 Å². The van der Waals surface area contributed by atoms with Crippen molar-refractivity contribution in [2.75, 3.05) is 25.2 Å². The van der Waals surface area contributed by atoms with Crippen LogP contribution in [0.25, 0.3) is 0 Å². The molecule has 6 nitrogen and oxygen atoms in total. The highest BCUT2D eigenvalue weighted by atomic mass is 35.5. The predicted octanol–water partition coefficient (Wildman–Crippen LogP) is 4.06. The van der Waals surface area contributed by atoms with E-state index in [1.807, 2.05) is 0 Å². The molecule has 2 aromatic rings. The molecule has 0 aliphatic rings. The lowest BCUT2D eigenvalue weighted by atomic mass is 10.2. The highest BCUT2D eigenvalue weighted by Gasteiger charge is 2.12. The third-order valence-corrected chi connectivity index (χ3v) is 5.84. The van der Waals surface area contributed by atoms with Crippen molar-refractivity contribution in [3.8, 4) is 5.75 Å². The van der Waals surface area contributed by atoms with E-state index in [-0.39, 0.29) is 28.2 Å². The highest BCUT2D eigenvalue weighted by molar-refractivity contribution is 7.88. The Morgan fingerprint density at radius 1 is 1.07 bits per heavy atom. The van der Waals surface area contributed by atoms with Gasteiger partial charge in [0.25, 0.3) is 5.91 Å². The number of amides is 1. The fourth-order valence-electron chi connectivity index (χ4n) is 2.02. The molecule has 0 radical (unpaired) electrons. The molecule has 10 heteroatoms. The van der Waals surface area contributed by atoms with E-state index in [1.165, 1.54) is 23.5 Å². The van der Waals surface area contributed by atoms with Crippen molar-refractivity contribution < 1.29 is 17.9 Å². The molecule has 146 valence electrons. The summed E-state index contributed by atoms with van der Waals surface area (Å²) in [5, 5.41) is 3.41. The fourth-order valence-corrected chi connectivity index (χ4v) is 3.00. The smallest absolute Gasteiger partial charge is 0.262 e. The Kier molecular flexibility index (Phi) is 7.36. The van der Waals surface area contributed by atoms with Crippen LogP contribution < -0.4 is 10.1 Å². The Morgan fingerprint density at radius 3 is 2.26 bits per heavy atom. The number of halogens is 3. The average Bonchev–Trinajstić information content (AvgIpc) is 2.58. The molecule has 2 aromatic carbocycles. The van der Waals surface area contributed by atoms with Gasteiger partial charge in [-0.05, 0) is 29.8 Å². The monoisotopic (exact) mass is 450 g/mol. The second-order valence-electron chi connectivity index (χ2n) is 5.75. The van der Waals surface area contributed by atoms with Gasteiger partial charge in [0.05, 0.1) is 27.0 Å². The Morgan fingerprint density at radius 2 is 1.67 bits per heavy atom. The molecule has 0 saturated heterocycles. The van der Waals surface area contributed by atoms with Gasteiger partial charge in [-0.2, -0.15) is 0 Å². The van der Waals surface area contributed by atoms with Gasteiger partial charge in [0.1, 0.15) is 5.75 Å². The minimum absolute atomic E-state index is 0.237. The number of anilines is 1. The number of hydrogen-bond donors (Lipinski definition) is 1. The van der Waals surface area contributed by atoms with Crippen molar-refractivity contribution in [2.45, 2.75) is 6.54 Å².